The van der Waals surface area contributed by atoms with Crippen LogP contribution in [0.3, 0.4) is 0 Å². The maximum Gasteiger partial charge on any atom is 0.223 e. The van der Waals surface area contributed by atoms with Crippen LogP contribution in [0.5, 0.6) is 0 Å². The van der Waals surface area contributed by atoms with Crippen LogP contribution in [0.4, 0.5) is 16.6 Å². The maximum atomic E-state index is 11.6. The molecule has 1 aromatic carbocycles. The number of nitrogens with one attached hydrogen (secondary N) is 2. The molecule has 0 fully saturated rings. The molecule has 0 bridgehead atoms. The summed E-state index contributed by atoms with van der Waals surface area (Å²) in [7, 11) is -3.25. The molecule has 0 unspecified atom stereocenters. The van der Waals surface area contributed by atoms with Crippen molar-refractivity contribution in [1.82, 2.24) is 15.0 Å². The third-order valence-electron chi connectivity index (χ3n) is 4.30. The van der Waals surface area contributed by atoms with E-state index in [1.54, 1.807) is 42.9 Å². The number of carbonyl (C=O) groups is 1. The summed E-state index contributed by atoms with van der Waals surface area (Å²) < 4.78 is 23.2. The van der Waals surface area contributed by atoms with Crippen LogP contribution in [0.1, 0.15) is 17.5 Å². The Balaban J connectivity index is 1.61. The van der Waals surface area contributed by atoms with Crippen molar-refractivity contribution in [3.05, 3.63) is 65.6 Å². The molecule has 3 aromatic heterocycles. The molecule has 0 radical (unpaired) electrons. The second-order valence-corrected chi connectivity index (χ2v) is 9.88. The van der Waals surface area contributed by atoms with Crippen molar-refractivity contribution in [2.45, 2.75) is 11.8 Å². The number of rotatable bonds is 4. The number of hydrogen-bond acceptors (Lipinski definition) is 8. The molecule has 32 heavy (non-hydrogen) atoms. The van der Waals surface area contributed by atoms with Gasteiger partial charge in [-0.05, 0) is 48.2 Å². The van der Waals surface area contributed by atoms with Crippen molar-refractivity contribution < 1.29 is 13.2 Å². The van der Waals surface area contributed by atoms with E-state index in [0.717, 1.165) is 10.8 Å². The zero-order chi connectivity index (χ0) is 22.7. The van der Waals surface area contributed by atoms with Crippen LogP contribution in [-0.4, -0.2) is 35.5 Å². The summed E-state index contributed by atoms with van der Waals surface area (Å²) in [5, 5.41) is 7.99. The summed E-state index contributed by atoms with van der Waals surface area (Å²) in [5.41, 5.74) is 1.28. The molecule has 0 saturated carbocycles. The number of thiazole rings is 1. The monoisotopic (exact) mass is 463 g/mol. The molecule has 4 aromatic rings. The average molecular weight is 464 g/mol. The van der Waals surface area contributed by atoms with E-state index in [-0.39, 0.29) is 10.8 Å². The number of sulfone groups is 1. The van der Waals surface area contributed by atoms with Crippen molar-refractivity contribution in [1.29, 1.82) is 0 Å². The molecule has 8 nitrogen and oxygen atoms in total. The van der Waals surface area contributed by atoms with E-state index < -0.39 is 9.84 Å². The summed E-state index contributed by atoms with van der Waals surface area (Å²) in [6, 6.07) is 10.1. The molecule has 0 saturated heterocycles. The van der Waals surface area contributed by atoms with E-state index in [1.165, 1.54) is 24.5 Å². The summed E-state index contributed by atoms with van der Waals surface area (Å²) >= 11 is 1.28. The lowest BCUT2D eigenvalue weighted by Gasteiger charge is -2.08. The summed E-state index contributed by atoms with van der Waals surface area (Å²) in [6.45, 7) is 1.42. The molecular formula is C22H17N5O3S2. The Morgan fingerprint density at radius 3 is 2.53 bits per heavy atom. The number of aromatic nitrogens is 3. The van der Waals surface area contributed by atoms with E-state index in [2.05, 4.69) is 37.4 Å². The zero-order valence-corrected chi connectivity index (χ0v) is 18.7. The fraction of sp³-hybridized carbons (Fsp3) is 0.0909. The topological polar surface area (TPSA) is 114 Å². The Labute approximate surface area is 188 Å². The van der Waals surface area contributed by atoms with Crippen molar-refractivity contribution >= 4 is 54.5 Å². The Hall–Kier alpha value is -3.81. The third-order valence-corrected chi connectivity index (χ3v) is 6.25. The minimum Gasteiger partial charge on any atom is -0.340 e. The second kappa shape index (κ2) is 8.74. The molecule has 2 N–H and O–H groups in total. The van der Waals surface area contributed by atoms with E-state index in [4.69, 9.17) is 0 Å². The molecule has 3 heterocycles. The first-order valence-electron chi connectivity index (χ1n) is 9.35. The first-order valence-corrected chi connectivity index (χ1v) is 12.1. The molecule has 1 amide bonds. The lowest BCUT2D eigenvalue weighted by atomic mass is 10.1. The molecule has 10 heteroatoms. The highest BCUT2D eigenvalue weighted by Gasteiger charge is 2.08. The Kier molecular flexibility index (Phi) is 5.85. The molecular weight excluding hydrogens is 446 g/mol. The van der Waals surface area contributed by atoms with Gasteiger partial charge in [-0.25, -0.2) is 23.4 Å². The van der Waals surface area contributed by atoms with Gasteiger partial charge in [-0.2, -0.15) is 0 Å². The summed E-state index contributed by atoms with van der Waals surface area (Å²) in [6.07, 6.45) is 6.16. The van der Waals surface area contributed by atoms with Gasteiger partial charge in [-0.1, -0.05) is 11.3 Å². The van der Waals surface area contributed by atoms with Gasteiger partial charge in [0.1, 0.15) is 11.5 Å². The number of benzene rings is 1. The van der Waals surface area contributed by atoms with Crippen LogP contribution in [0.25, 0.3) is 10.8 Å². The molecule has 0 atom stereocenters. The highest BCUT2D eigenvalue weighted by molar-refractivity contribution is 7.90. The van der Waals surface area contributed by atoms with Gasteiger partial charge in [0.15, 0.2) is 15.0 Å². The lowest BCUT2D eigenvalue weighted by Crippen LogP contribution is -2.04. The fourth-order valence-electron chi connectivity index (χ4n) is 2.83. The number of carbonyl (C=O) groups excluding carboxylic acids is 1. The van der Waals surface area contributed by atoms with Crippen LogP contribution < -0.4 is 10.6 Å². The van der Waals surface area contributed by atoms with Crippen LogP contribution in [0.2, 0.25) is 0 Å². The van der Waals surface area contributed by atoms with E-state index in [9.17, 15) is 13.2 Å². The molecule has 160 valence electrons. The minimum atomic E-state index is -3.25. The normalized spacial score (nSPS) is 10.9. The number of amides is 1. The van der Waals surface area contributed by atoms with Crippen LogP contribution in [0.15, 0.2) is 59.9 Å². The van der Waals surface area contributed by atoms with Crippen molar-refractivity contribution in [3.63, 3.8) is 0 Å². The third kappa shape index (κ3) is 5.08. The first-order chi connectivity index (χ1) is 15.3. The average Bonchev–Trinajstić information content (AvgIpc) is 3.18. The number of nitrogens with zero attached hydrogens (tertiary/aromatic N) is 3. The van der Waals surface area contributed by atoms with Crippen LogP contribution in [0, 0.1) is 11.8 Å². The first kappa shape index (κ1) is 21.4. The zero-order valence-electron chi connectivity index (χ0n) is 17.1. The quantitative estimate of drug-likeness (QED) is 0.445. The van der Waals surface area contributed by atoms with Gasteiger partial charge in [0.25, 0.3) is 0 Å². The standard InChI is InChI=1S/C22H17N5O3S2/c1-14(28)26-22-25-13-17(31-22)5-8-20-19-11-21(24-12-15(19)9-10-23-20)27-16-3-6-18(7-4-16)32(2,29)30/h3-4,6-7,9-13H,1-2H3,(H,24,27)(H,25,26,28). The van der Waals surface area contributed by atoms with Gasteiger partial charge in [0.05, 0.1) is 16.0 Å². The highest BCUT2D eigenvalue weighted by Crippen LogP contribution is 2.23. The largest absolute Gasteiger partial charge is 0.340 e. The SMILES string of the molecule is CC(=O)Nc1ncc(C#Cc2nccc3cnc(Nc4ccc(S(C)(=O)=O)cc4)cc23)s1. The fourth-order valence-corrected chi connectivity index (χ4v) is 4.17. The number of pyridine rings is 2. The van der Waals surface area contributed by atoms with E-state index >= 15 is 0 Å². The van der Waals surface area contributed by atoms with Crippen molar-refractivity contribution in [2.75, 3.05) is 16.9 Å². The predicted molar refractivity (Wildman–Crippen MR) is 125 cm³/mol. The lowest BCUT2D eigenvalue weighted by molar-refractivity contribution is -0.114. The van der Waals surface area contributed by atoms with E-state index in [1.807, 2.05) is 12.1 Å². The van der Waals surface area contributed by atoms with Gasteiger partial charge in [0, 0.05) is 42.0 Å². The minimum absolute atomic E-state index is 0.187. The number of anilines is 3. The van der Waals surface area contributed by atoms with Crippen LogP contribution in [-0.2, 0) is 14.6 Å². The molecule has 0 aliphatic carbocycles. The Morgan fingerprint density at radius 1 is 1.03 bits per heavy atom. The van der Waals surface area contributed by atoms with Crippen molar-refractivity contribution in [3.8, 4) is 11.8 Å². The van der Waals surface area contributed by atoms with Gasteiger partial charge in [0.2, 0.25) is 5.91 Å². The van der Waals surface area contributed by atoms with Gasteiger partial charge in [-0.3, -0.25) is 4.79 Å². The maximum absolute atomic E-state index is 11.6. The summed E-state index contributed by atoms with van der Waals surface area (Å²) in [5.74, 6) is 6.48. The molecule has 0 aliphatic rings. The molecule has 4 rings (SSSR count). The van der Waals surface area contributed by atoms with Gasteiger partial charge < -0.3 is 10.6 Å². The Morgan fingerprint density at radius 2 is 1.81 bits per heavy atom. The van der Waals surface area contributed by atoms with Crippen LogP contribution >= 0.6 is 11.3 Å². The van der Waals surface area contributed by atoms with Gasteiger partial charge in [-0.15, -0.1) is 0 Å². The Bertz CT molecular complexity index is 1480. The predicted octanol–water partition coefficient (Wildman–Crippen LogP) is 3.59. The number of hydrogen-bond donors (Lipinski definition) is 2. The molecule has 0 aliphatic heterocycles. The van der Waals surface area contributed by atoms with E-state index in [0.29, 0.717) is 27.2 Å². The van der Waals surface area contributed by atoms with Crippen molar-refractivity contribution in [2.24, 2.45) is 0 Å². The highest BCUT2D eigenvalue weighted by atomic mass is 32.2. The second-order valence-electron chi connectivity index (χ2n) is 6.83. The van der Waals surface area contributed by atoms with Gasteiger partial charge >= 0.3 is 0 Å². The summed E-state index contributed by atoms with van der Waals surface area (Å²) in [4.78, 5) is 25.0. The molecule has 0 spiro atoms. The smallest absolute Gasteiger partial charge is 0.223 e. The number of fused-ring (bicyclic) bond motifs is 1.